The molecule has 5 rings (SSSR count). The van der Waals surface area contributed by atoms with Gasteiger partial charge < -0.3 is 19.2 Å². The first-order valence-electron chi connectivity index (χ1n) is 12.3. The molecule has 1 amide bonds. The molecule has 1 fully saturated rings. The summed E-state index contributed by atoms with van der Waals surface area (Å²) in [6, 6.07) is 16.2. The van der Waals surface area contributed by atoms with Crippen LogP contribution in [0.15, 0.2) is 87.1 Å². The van der Waals surface area contributed by atoms with Crippen LogP contribution in [0.25, 0.3) is 11.0 Å². The summed E-state index contributed by atoms with van der Waals surface area (Å²) in [4.78, 5) is 25.4. The fourth-order valence-electron chi connectivity index (χ4n) is 4.23. The maximum absolute atomic E-state index is 13.9. The molecule has 0 atom stereocenters. The van der Waals surface area contributed by atoms with Gasteiger partial charge in [-0.25, -0.2) is 12.8 Å². The molecule has 1 aromatic heterocycles. The summed E-state index contributed by atoms with van der Waals surface area (Å²) in [6.45, 7) is 0.602. The van der Waals surface area contributed by atoms with Gasteiger partial charge in [0.25, 0.3) is 5.91 Å². The number of amides is 1. The molecule has 0 bridgehead atoms. The fraction of sp³-hybridized carbons (Fsp3) is 0.214. The third kappa shape index (κ3) is 5.94. The quantitative estimate of drug-likeness (QED) is 0.330. The Hall–Kier alpha value is -4.22. The van der Waals surface area contributed by atoms with Gasteiger partial charge in [-0.15, -0.1) is 0 Å². The van der Waals surface area contributed by atoms with Crippen molar-refractivity contribution in [1.29, 1.82) is 0 Å². The van der Waals surface area contributed by atoms with Gasteiger partial charge in [0.2, 0.25) is 21.2 Å². The van der Waals surface area contributed by atoms with E-state index in [1.54, 1.807) is 18.2 Å². The van der Waals surface area contributed by atoms with Crippen LogP contribution in [0.1, 0.15) is 19.3 Å². The SMILES string of the molecule is O=C(COc1ccc2c(=O)c(Oc3ccccc3F)coc2c1)Nc1cccc(S(=O)(=O)N2CCCCC2)c1. The minimum atomic E-state index is -3.64. The van der Waals surface area contributed by atoms with Crippen molar-refractivity contribution in [1.82, 2.24) is 4.31 Å². The lowest BCUT2D eigenvalue weighted by Gasteiger charge is -2.26. The maximum atomic E-state index is 13.9. The second-order valence-corrected chi connectivity index (χ2v) is 10.9. The van der Waals surface area contributed by atoms with Gasteiger partial charge in [-0.2, -0.15) is 4.31 Å². The number of nitrogens with zero attached hydrogens (tertiary/aromatic N) is 1. The molecule has 11 heteroatoms. The number of carbonyl (C=O) groups excluding carboxylic acids is 1. The second kappa shape index (κ2) is 11.3. The van der Waals surface area contributed by atoms with E-state index in [0.29, 0.717) is 18.8 Å². The van der Waals surface area contributed by atoms with Crippen molar-refractivity contribution < 1.29 is 31.5 Å². The lowest BCUT2D eigenvalue weighted by atomic mass is 10.2. The van der Waals surface area contributed by atoms with Crippen LogP contribution in [0.5, 0.6) is 17.2 Å². The van der Waals surface area contributed by atoms with E-state index in [-0.39, 0.29) is 39.7 Å². The van der Waals surface area contributed by atoms with Crippen LogP contribution in [0.2, 0.25) is 0 Å². The molecule has 1 saturated heterocycles. The van der Waals surface area contributed by atoms with Crippen LogP contribution in [-0.4, -0.2) is 38.3 Å². The van der Waals surface area contributed by atoms with Crippen LogP contribution in [-0.2, 0) is 14.8 Å². The average molecular weight is 553 g/mol. The summed E-state index contributed by atoms with van der Waals surface area (Å²) in [6.07, 6.45) is 3.75. The van der Waals surface area contributed by atoms with E-state index in [9.17, 15) is 22.4 Å². The maximum Gasteiger partial charge on any atom is 0.262 e. The molecular formula is C28H25FN2O7S. The highest BCUT2D eigenvalue weighted by atomic mass is 32.2. The molecule has 0 aliphatic carbocycles. The van der Waals surface area contributed by atoms with Gasteiger partial charge in [0.05, 0.1) is 10.3 Å². The molecule has 0 spiro atoms. The van der Waals surface area contributed by atoms with Crippen molar-refractivity contribution in [2.75, 3.05) is 25.0 Å². The van der Waals surface area contributed by atoms with Crippen molar-refractivity contribution in [2.24, 2.45) is 0 Å². The van der Waals surface area contributed by atoms with E-state index in [1.165, 1.54) is 52.8 Å². The zero-order chi connectivity index (χ0) is 27.4. The number of ether oxygens (including phenoxy) is 2. The number of sulfonamides is 1. The van der Waals surface area contributed by atoms with Gasteiger partial charge in [-0.1, -0.05) is 24.6 Å². The summed E-state index contributed by atoms with van der Waals surface area (Å²) >= 11 is 0. The van der Waals surface area contributed by atoms with E-state index < -0.39 is 27.2 Å². The molecule has 0 radical (unpaired) electrons. The summed E-state index contributed by atoms with van der Waals surface area (Å²) in [5, 5.41) is 2.83. The molecule has 3 aromatic carbocycles. The highest BCUT2D eigenvalue weighted by Crippen LogP contribution is 2.26. The van der Waals surface area contributed by atoms with Crippen LogP contribution in [0.3, 0.4) is 0 Å². The zero-order valence-electron chi connectivity index (χ0n) is 20.8. The minimum absolute atomic E-state index is 0.107. The highest BCUT2D eigenvalue weighted by Gasteiger charge is 2.26. The Morgan fingerprint density at radius 1 is 0.974 bits per heavy atom. The Balaban J connectivity index is 1.23. The van der Waals surface area contributed by atoms with Crippen LogP contribution < -0.4 is 20.2 Å². The monoisotopic (exact) mass is 552 g/mol. The largest absolute Gasteiger partial charge is 0.484 e. The van der Waals surface area contributed by atoms with E-state index in [1.807, 2.05) is 0 Å². The molecule has 1 aliphatic rings. The molecule has 39 heavy (non-hydrogen) atoms. The number of piperidine rings is 1. The molecule has 4 aromatic rings. The van der Waals surface area contributed by atoms with Gasteiger partial charge in [0, 0.05) is 24.8 Å². The van der Waals surface area contributed by atoms with Crippen molar-refractivity contribution in [3.63, 3.8) is 0 Å². The van der Waals surface area contributed by atoms with Crippen LogP contribution >= 0.6 is 0 Å². The third-order valence-electron chi connectivity index (χ3n) is 6.21. The summed E-state index contributed by atoms with van der Waals surface area (Å²) < 4.78 is 57.6. The standard InChI is InChI=1S/C28H25FN2O7S/c29-23-9-2-3-10-24(23)38-26-17-37-25-16-20(11-12-22(25)28(26)33)36-18-27(32)30-19-7-6-8-21(15-19)39(34,35)31-13-4-1-5-14-31/h2-3,6-12,15-17H,1,4-5,13-14,18H2,(H,30,32). The predicted molar refractivity (Wildman–Crippen MR) is 142 cm³/mol. The Morgan fingerprint density at radius 3 is 2.56 bits per heavy atom. The van der Waals surface area contributed by atoms with Crippen LogP contribution in [0, 0.1) is 5.82 Å². The Labute approximate surface area is 223 Å². The van der Waals surface area contributed by atoms with E-state index in [2.05, 4.69) is 5.32 Å². The van der Waals surface area contributed by atoms with E-state index >= 15 is 0 Å². The highest BCUT2D eigenvalue weighted by molar-refractivity contribution is 7.89. The van der Waals surface area contributed by atoms with Gasteiger partial charge in [-0.05, 0) is 55.3 Å². The predicted octanol–water partition coefficient (Wildman–Crippen LogP) is 4.92. The lowest BCUT2D eigenvalue weighted by molar-refractivity contribution is -0.118. The first kappa shape index (κ1) is 26.4. The number of fused-ring (bicyclic) bond motifs is 1. The third-order valence-corrected chi connectivity index (χ3v) is 8.11. The number of carbonyl (C=O) groups is 1. The number of anilines is 1. The molecule has 0 unspecified atom stereocenters. The van der Waals surface area contributed by atoms with Crippen molar-refractivity contribution in [3.8, 4) is 17.2 Å². The van der Waals surface area contributed by atoms with E-state index in [0.717, 1.165) is 25.5 Å². The average Bonchev–Trinajstić information content (AvgIpc) is 2.95. The summed E-state index contributed by atoms with van der Waals surface area (Å²) in [5.41, 5.74) is 0.0196. The number of benzene rings is 3. The summed E-state index contributed by atoms with van der Waals surface area (Å²) in [7, 11) is -3.64. The normalized spacial score (nSPS) is 14.2. The summed E-state index contributed by atoms with van der Waals surface area (Å²) in [5.74, 6) is -1.13. The first-order valence-corrected chi connectivity index (χ1v) is 13.8. The number of para-hydroxylation sites is 1. The van der Waals surface area contributed by atoms with Gasteiger partial charge in [0.15, 0.2) is 18.2 Å². The molecule has 2 heterocycles. The smallest absolute Gasteiger partial charge is 0.262 e. The zero-order valence-corrected chi connectivity index (χ0v) is 21.6. The second-order valence-electron chi connectivity index (χ2n) is 8.95. The van der Waals surface area contributed by atoms with Gasteiger partial charge in [-0.3, -0.25) is 9.59 Å². The fourth-order valence-corrected chi connectivity index (χ4v) is 5.80. The molecule has 1 aliphatic heterocycles. The number of rotatable bonds is 8. The number of halogens is 1. The molecule has 1 N–H and O–H groups in total. The molecule has 0 saturated carbocycles. The van der Waals surface area contributed by atoms with E-state index in [4.69, 9.17) is 13.9 Å². The van der Waals surface area contributed by atoms with Crippen molar-refractivity contribution >= 4 is 32.6 Å². The van der Waals surface area contributed by atoms with Crippen molar-refractivity contribution in [3.05, 3.63) is 89.0 Å². The molecular weight excluding hydrogens is 527 g/mol. The molecule has 9 nitrogen and oxygen atoms in total. The topological polar surface area (TPSA) is 115 Å². The first-order chi connectivity index (χ1) is 18.8. The van der Waals surface area contributed by atoms with Gasteiger partial charge >= 0.3 is 0 Å². The Bertz CT molecular complexity index is 1680. The van der Waals surface area contributed by atoms with Crippen molar-refractivity contribution in [2.45, 2.75) is 24.2 Å². The Kier molecular flexibility index (Phi) is 7.62. The molecule has 202 valence electrons. The minimum Gasteiger partial charge on any atom is -0.484 e. The number of hydrogen-bond acceptors (Lipinski definition) is 7. The van der Waals surface area contributed by atoms with Gasteiger partial charge in [0.1, 0.15) is 17.6 Å². The number of hydrogen-bond donors (Lipinski definition) is 1. The Morgan fingerprint density at radius 2 is 1.77 bits per heavy atom. The number of nitrogens with one attached hydrogen (secondary N) is 1. The van der Waals surface area contributed by atoms with Crippen LogP contribution in [0.4, 0.5) is 10.1 Å². The lowest BCUT2D eigenvalue weighted by Crippen LogP contribution is -2.35.